The van der Waals surface area contributed by atoms with Gasteiger partial charge in [0.2, 0.25) is 0 Å². The molecule has 6 nitrogen and oxygen atoms in total. The van der Waals surface area contributed by atoms with Gasteiger partial charge in [0.1, 0.15) is 0 Å². The van der Waals surface area contributed by atoms with Crippen LogP contribution >= 0.6 is 46.4 Å². The first-order valence-electron chi connectivity index (χ1n) is 7.37. The zero-order chi connectivity index (χ0) is 20.0. The Kier molecular flexibility index (Phi) is 7.86. The summed E-state index contributed by atoms with van der Waals surface area (Å²) in [6, 6.07) is 8.13. The van der Waals surface area contributed by atoms with Gasteiger partial charge in [-0.15, -0.1) is 0 Å². The van der Waals surface area contributed by atoms with Gasteiger partial charge in [-0.05, 0) is 18.2 Å². The van der Waals surface area contributed by atoms with E-state index in [1.54, 1.807) is 24.3 Å². The summed E-state index contributed by atoms with van der Waals surface area (Å²) in [5, 5.41) is 2.66. The monoisotopic (exact) mass is 451 g/mol. The number of esters is 1. The van der Waals surface area contributed by atoms with Crippen LogP contribution in [0.15, 0.2) is 30.3 Å². The van der Waals surface area contributed by atoms with E-state index in [0.717, 1.165) is 0 Å². The number of hydrogen-bond acceptors (Lipinski definition) is 5. The average molecular weight is 453 g/mol. The molecule has 0 saturated carbocycles. The molecule has 0 aliphatic carbocycles. The van der Waals surface area contributed by atoms with E-state index in [1.165, 1.54) is 13.2 Å². The van der Waals surface area contributed by atoms with Gasteiger partial charge in [-0.2, -0.15) is 0 Å². The van der Waals surface area contributed by atoms with Crippen LogP contribution in [0.4, 0.5) is 5.69 Å². The quantitative estimate of drug-likeness (QED) is 0.479. The van der Waals surface area contributed by atoms with Crippen molar-refractivity contribution in [1.82, 2.24) is 0 Å². The van der Waals surface area contributed by atoms with Crippen LogP contribution < -0.4 is 14.8 Å². The van der Waals surface area contributed by atoms with E-state index in [1.807, 2.05) is 0 Å². The SMILES string of the molecule is COc1ccccc1OCC(=O)OCC(=O)Nc1c(Cl)c(Cl)cc(Cl)c1Cl. The molecular weight excluding hydrogens is 440 g/mol. The standard InChI is InChI=1S/C17H13Cl4NO5/c1-25-11-4-2-3-5-12(11)26-8-14(24)27-7-13(23)22-17-15(20)9(18)6-10(19)16(17)21/h2-6H,7-8H2,1H3,(H,22,23). The Bertz CT molecular complexity index is 833. The number of carbonyl (C=O) groups excluding carboxylic acids is 2. The Labute approximate surface area is 175 Å². The second-order valence-electron chi connectivity index (χ2n) is 4.99. The molecule has 10 heteroatoms. The molecule has 1 N–H and O–H groups in total. The number of amides is 1. The van der Waals surface area contributed by atoms with Crippen molar-refractivity contribution in [3.63, 3.8) is 0 Å². The number of hydrogen-bond donors (Lipinski definition) is 1. The molecule has 0 aliphatic heterocycles. The molecule has 0 saturated heterocycles. The molecule has 144 valence electrons. The van der Waals surface area contributed by atoms with Gasteiger partial charge in [-0.3, -0.25) is 4.79 Å². The predicted octanol–water partition coefficient (Wildman–Crippen LogP) is 4.87. The van der Waals surface area contributed by atoms with Crippen molar-refractivity contribution in [3.8, 4) is 11.5 Å². The summed E-state index contributed by atoms with van der Waals surface area (Å²) < 4.78 is 15.2. The summed E-state index contributed by atoms with van der Waals surface area (Å²) in [7, 11) is 1.48. The van der Waals surface area contributed by atoms with E-state index in [9.17, 15) is 9.59 Å². The van der Waals surface area contributed by atoms with Crippen LogP contribution in [0.2, 0.25) is 20.1 Å². The van der Waals surface area contributed by atoms with Gasteiger partial charge in [-0.25, -0.2) is 4.79 Å². The number of nitrogens with one attached hydrogen (secondary N) is 1. The highest BCUT2D eigenvalue weighted by Gasteiger charge is 2.17. The lowest BCUT2D eigenvalue weighted by molar-refractivity contribution is -0.149. The van der Waals surface area contributed by atoms with Gasteiger partial charge < -0.3 is 19.5 Å². The summed E-state index contributed by atoms with van der Waals surface area (Å²) in [5.74, 6) is -0.598. The Morgan fingerprint density at radius 2 is 1.56 bits per heavy atom. The van der Waals surface area contributed by atoms with Crippen molar-refractivity contribution in [2.45, 2.75) is 0 Å². The first kappa shape index (κ1) is 21.4. The van der Waals surface area contributed by atoms with Crippen LogP contribution in [-0.2, 0) is 14.3 Å². The summed E-state index contributed by atoms with van der Waals surface area (Å²) in [4.78, 5) is 23.7. The van der Waals surface area contributed by atoms with Crippen LogP contribution in [0.25, 0.3) is 0 Å². The lowest BCUT2D eigenvalue weighted by Gasteiger charge is -2.12. The molecule has 2 aromatic carbocycles. The average Bonchev–Trinajstić information content (AvgIpc) is 2.66. The van der Waals surface area contributed by atoms with E-state index in [4.69, 9.17) is 60.6 Å². The van der Waals surface area contributed by atoms with Crippen LogP contribution in [-0.4, -0.2) is 32.2 Å². The Morgan fingerprint density at radius 3 is 2.15 bits per heavy atom. The van der Waals surface area contributed by atoms with Crippen molar-refractivity contribution in [2.24, 2.45) is 0 Å². The zero-order valence-electron chi connectivity index (χ0n) is 13.9. The molecule has 0 unspecified atom stereocenters. The first-order valence-corrected chi connectivity index (χ1v) is 8.89. The minimum Gasteiger partial charge on any atom is -0.493 e. The van der Waals surface area contributed by atoms with Crippen molar-refractivity contribution in [3.05, 3.63) is 50.4 Å². The van der Waals surface area contributed by atoms with Crippen LogP contribution in [0.3, 0.4) is 0 Å². The Hall–Kier alpha value is -1.86. The zero-order valence-corrected chi connectivity index (χ0v) is 16.9. The third-order valence-corrected chi connectivity index (χ3v) is 4.73. The fourth-order valence-corrected chi connectivity index (χ4v) is 2.82. The molecule has 0 aromatic heterocycles. The fraction of sp³-hybridized carbons (Fsp3) is 0.176. The summed E-state index contributed by atoms with van der Waals surface area (Å²) in [6.07, 6.45) is 0. The van der Waals surface area contributed by atoms with Crippen molar-refractivity contribution in [1.29, 1.82) is 0 Å². The van der Waals surface area contributed by atoms with Crippen LogP contribution in [0.1, 0.15) is 0 Å². The molecule has 0 radical (unpaired) electrons. The maximum atomic E-state index is 12.0. The minimum absolute atomic E-state index is 0.0187. The lowest BCUT2D eigenvalue weighted by atomic mass is 10.3. The molecule has 1 amide bonds. The highest BCUT2D eigenvalue weighted by molar-refractivity contribution is 6.50. The van der Waals surface area contributed by atoms with Crippen molar-refractivity contribution >= 4 is 64.0 Å². The van der Waals surface area contributed by atoms with Crippen LogP contribution in [0.5, 0.6) is 11.5 Å². The molecule has 0 fully saturated rings. The smallest absolute Gasteiger partial charge is 0.344 e. The van der Waals surface area contributed by atoms with Crippen molar-refractivity contribution < 1.29 is 23.8 Å². The van der Waals surface area contributed by atoms with E-state index in [2.05, 4.69) is 5.32 Å². The first-order chi connectivity index (χ1) is 12.8. The molecule has 27 heavy (non-hydrogen) atoms. The number of halogens is 4. The molecule has 2 aromatic rings. The molecular formula is C17H13Cl4NO5. The molecule has 0 heterocycles. The molecule has 2 rings (SSSR count). The Morgan fingerprint density at radius 1 is 0.963 bits per heavy atom. The highest BCUT2D eigenvalue weighted by atomic mass is 35.5. The predicted molar refractivity (Wildman–Crippen MR) is 105 cm³/mol. The number of rotatable bonds is 7. The number of anilines is 1. The van der Waals surface area contributed by atoms with E-state index in [-0.39, 0.29) is 25.8 Å². The van der Waals surface area contributed by atoms with Crippen molar-refractivity contribution in [2.75, 3.05) is 25.6 Å². The second-order valence-corrected chi connectivity index (χ2v) is 6.56. The van der Waals surface area contributed by atoms with Gasteiger partial charge in [0.25, 0.3) is 5.91 Å². The van der Waals surface area contributed by atoms with E-state index < -0.39 is 25.1 Å². The normalized spacial score (nSPS) is 10.3. The topological polar surface area (TPSA) is 73.9 Å². The van der Waals surface area contributed by atoms with E-state index in [0.29, 0.717) is 11.5 Å². The number of ether oxygens (including phenoxy) is 3. The third kappa shape index (κ3) is 5.81. The maximum Gasteiger partial charge on any atom is 0.344 e. The number of methoxy groups -OCH3 is 1. The second kappa shape index (κ2) is 9.90. The van der Waals surface area contributed by atoms with Gasteiger partial charge >= 0.3 is 5.97 Å². The van der Waals surface area contributed by atoms with Gasteiger partial charge in [0.05, 0.1) is 32.9 Å². The Balaban J connectivity index is 1.88. The lowest BCUT2D eigenvalue weighted by Crippen LogP contribution is -2.24. The van der Waals surface area contributed by atoms with Crippen LogP contribution in [0, 0.1) is 0 Å². The minimum atomic E-state index is -0.752. The van der Waals surface area contributed by atoms with Gasteiger partial charge in [-0.1, -0.05) is 58.5 Å². The van der Waals surface area contributed by atoms with Gasteiger partial charge in [0.15, 0.2) is 24.7 Å². The molecule has 0 atom stereocenters. The third-order valence-electron chi connectivity index (χ3n) is 3.16. The van der Waals surface area contributed by atoms with E-state index >= 15 is 0 Å². The summed E-state index contributed by atoms with van der Waals surface area (Å²) in [6.45, 7) is -0.983. The number of benzene rings is 2. The maximum absolute atomic E-state index is 12.0. The number of para-hydroxylation sites is 2. The van der Waals surface area contributed by atoms with Gasteiger partial charge in [0, 0.05) is 0 Å². The summed E-state index contributed by atoms with van der Waals surface area (Å²) in [5.41, 5.74) is 0.0298. The highest BCUT2D eigenvalue weighted by Crippen LogP contribution is 2.40. The number of carbonyl (C=O) groups is 2. The molecule has 0 spiro atoms. The largest absolute Gasteiger partial charge is 0.493 e. The summed E-state index contributed by atoms with van der Waals surface area (Å²) >= 11 is 23.8. The fourth-order valence-electron chi connectivity index (χ4n) is 1.92. The molecule has 0 aliphatic rings. The molecule has 0 bridgehead atoms.